The third-order valence-corrected chi connectivity index (χ3v) is 5.07. The van der Waals surface area contributed by atoms with Crippen LogP contribution in [0.2, 0.25) is 0 Å². The Balaban J connectivity index is 1.81. The molecule has 0 aliphatic carbocycles. The average molecular weight is 297 g/mol. The molecule has 21 heavy (non-hydrogen) atoms. The van der Waals surface area contributed by atoms with Gasteiger partial charge in [0.2, 0.25) is 0 Å². The second kappa shape index (κ2) is 8.47. The van der Waals surface area contributed by atoms with E-state index in [0.717, 1.165) is 45.4 Å². The number of likely N-dealkylation sites (tertiary alicyclic amines) is 1. The van der Waals surface area contributed by atoms with Gasteiger partial charge in [0.15, 0.2) is 0 Å². The van der Waals surface area contributed by atoms with Crippen molar-refractivity contribution in [1.29, 1.82) is 0 Å². The van der Waals surface area contributed by atoms with Gasteiger partial charge in [0.1, 0.15) is 0 Å². The molecule has 2 atom stereocenters. The lowest BCUT2D eigenvalue weighted by atomic mass is 9.85. The SMILES string of the molecule is CCCC(C)(CNCC)CN1CCC(N2CCOCC2)C1. The Hall–Kier alpha value is -0.160. The van der Waals surface area contributed by atoms with Gasteiger partial charge in [-0.15, -0.1) is 0 Å². The fourth-order valence-electron chi connectivity index (χ4n) is 3.99. The summed E-state index contributed by atoms with van der Waals surface area (Å²) in [6, 6.07) is 0.763. The second-order valence-electron chi connectivity index (χ2n) is 7.17. The van der Waals surface area contributed by atoms with Crippen LogP contribution in [0.1, 0.15) is 40.0 Å². The van der Waals surface area contributed by atoms with Crippen LogP contribution in [0.25, 0.3) is 0 Å². The standard InChI is InChI=1S/C17H35N3O/c1-4-7-17(3,14-18-5-2)15-19-8-6-16(13-19)20-9-11-21-12-10-20/h16,18H,4-15H2,1-3H3. The Labute approximate surface area is 131 Å². The van der Waals surface area contributed by atoms with Gasteiger partial charge >= 0.3 is 0 Å². The predicted molar refractivity (Wildman–Crippen MR) is 88.8 cm³/mol. The van der Waals surface area contributed by atoms with E-state index in [1.165, 1.54) is 38.9 Å². The van der Waals surface area contributed by atoms with Crippen LogP contribution in [0.3, 0.4) is 0 Å². The minimum atomic E-state index is 0.421. The van der Waals surface area contributed by atoms with Crippen molar-refractivity contribution < 1.29 is 4.74 Å². The molecule has 0 radical (unpaired) electrons. The molecule has 124 valence electrons. The van der Waals surface area contributed by atoms with Gasteiger partial charge in [-0.05, 0) is 31.3 Å². The van der Waals surface area contributed by atoms with E-state index in [-0.39, 0.29) is 0 Å². The van der Waals surface area contributed by atoms with E-state index in [1.54, 1.807) is 0 Å². The fraction of sp³-hybridized carbons (Fsp3) is 1.00. The summed E-state index contributed by atoms with van der Waals surface area (Å²) in [7, 11) is 0. The quantitative estimate of drug-likeness (QED) is 0.739. The number of morpholine rings is 1. The predicted octanol–water partition coefficient (Wildman–Crippen LogP) is 1.81. The van der Waals surface area contributed by atoms with Gasteiger partial charge in [-0.3, -0.25) is 4.90 Å². The average Bonchev–Trinajstić information content (AvgIpc) is 2.94. The molecule has 4 heteroatoms. The Morgan fingerprint density at radius 1 is 1.19 bits per heavy atom. The molecule has 0 spiro atoms. The van der Waals surface area contributed by atoms with E-state index in [4.69, 9.17) is 4.74 Å². The van der Waals surface area contributed by atoms with E-state index in [2.05, 4.69) is 35.9 Å². The Morgan fingerprint density at radius 3 is 2.62 bits per heavy atom. The second-order valence-corrected chi connectivity index (χ2v) is 7.17. The zero-order chi connectivity index (χ0) is 15.1. The lowest BCUT2D eigenvalue weighted by Gasteiger charge is -2.35. The highest BCUT2D eigenvalue weighted by molar-refractivity contribution is 4.88. The summed E-state index contributed by atoms with van der Waals surface area (Å²) in [4.78, 5) is 5.35. The van der Waals surface area contributed by atoms with Crippen molar-refractivity contribution in [3.8, 4) is 0 Å². The zero-order valence-electron chi connectivity index (χ0n) is 14.4. The third kappa shape index (κ3) is 5.20. The molecule has 4 nitrogen and oxygen atoms in total. The number of ether oxygens (including phenoxy) is 1. The van der Waals surface area contributed by atoms with Gasteiger partial charge < -0.3 is 15.0 Å². The van der Waals surface area contributed by atoms with Crippen LogP contribution < -0.4 is 5.32 Å². The molecule has 2 unspecified atom stereocenters. The van der Waals surface area contributed by atoms with Gasteiger partial charge in [-0.2, -0.15) is 0 Å². The smallest absolute Gasteiger partial charge is 0.0594 e. The molecule has 0 amide bonds. The van der Waals surface area contributed by atoms with Crippen LogP contribution in [-0.4, -0.2) is 74.9 Å². The van der Waals surface area contributed by atoms with E-state index in [0.29, 0.717) is 5.41 Å². The van der Waals surface area contributed by atoms with Gasteiger partial charge in [0.05, 0.1) is 13.2 Å². The molecule has 2 heterocycles. The first kappa shape index (κ1) is 17.2. The van der Waals surface area contributed by atoms with Crippen LogP contribution in [0, 0.1) is 5.41 Å². The number of hydrogen-bond acceptors (Lipinski definition) is 4. The molecule has 1 N–H and O–H groups in total. The fourth-order valence-corrected chi connectivity index (χ4v) is 3.99. The van der Waals surface area contributed by atoms with Gasteiger partial charge in [0.25, 0.3) is 0 Å². The highest BCUT2D eigenvalue weighted by Crippen LogP contribution is 2.27. The molecular weight excluding hydrogens is 262 g/mol. The van der Waals surface area contributed by atoms with Crippen LogP contribution in [0.5, 0.6) is 0 Å². The molecule has 2 aliphatic rings. The third-order valence-electron chi connectivity index (χ3n) is 5.07. The van der Waals surface area contributed by atoms with Crippen LogP contribution >= 0.6 is 0 Å². The number of nitrogens with zero attached hydrogens (tertiary/aromatic N) is 2. The van der Waals surface area contributed by atoms with E-state index < -0.39 is 0 Å². The number of rotatable bonds is 8. The molecular formula is C17H35N3O. The van der Waals surface area contributed by atoms with E-state index >= 15 is 0 Å². The Morgan fingerprint density at radius 2 is 1.95 bits per heavy atom. The molecule has 2 saturated heterocycles. The minimum absolute atomic E-state index is 0.421. The first-order valence-corrected chi connectivity index (χ1v) is 8.92. The molecule has 0 aromatic heterocycles. The molecule has 2 rings (SSSR count). The van der Waals surface area contributed by atoms with Crippen molar-refractivity contribution in [1.82, 2.24) is 15.1 Å². The summed E-state index contributed by atoms with van der Waals surface area (Å²) in [5, 5.41) is 3.57. The summed E-state index contributed by atoms with van der Waals surface area (Å²) in [6.45, 7) is 17.1. The molecule has 0 aromatic rings. The summed E-state index contributed by atoms with van der Waals surface area (Å²) in [5.41, 5.74) is 0.421. The summed E-state index contributed by atoms with van der Waals surface area (Å²) < 4.78 is 5.48. The highest BCUT2D eigenvalue weighted by Gasteiger charge is 2.33. The minimum Gasteiger partial charge on any atom is -0.379 e. The van der Waals surface area contributed by atoms with Crippen molar-refractivity contribution >= 4 is 0 Å². The lowest BCUT2D eigenvalue weighted by molar-refractivity contribution is 0.0176. The van der Waals surface area contributed by atoms with Crippen molar-refractivity contribution in [2.45, 2.75) is 46.1 Å². The maximum atomic E-state index is 5.48. The van der Waals surface area contributed by atoms with E-state index in [1.807, 2.05) is 0 Å². The number of nitrogens with one attached hydrogen (secondary N) is 1. The first-order chi connectivity index (χ1) is 10.2. The molecule has 0 saturated carbocycles. The summed E-state index contributed by atoms with van der Waals surface area (Å²) >= 11 is 0. The van der Waals surface area contributed by atoms with Gasteiger partial charge in [-0.25, -0.2) is 0 Å². The normalized spacial score (nSPS) is 27.9. The van der Waals surface area contributed by atoms with E-state index in [9.17, 15) is 0 Å². The summed E-state index contributed by atoms with van der Waals surface area (Å²) in [5.74, 6) is 0. The highest BCUT2D eigenvalue weighted by atomic mass is 16.5. The van der Waals surface area contributed by atoms with Crippen molar-refractivity contribution in [3.63, 3.8) is 0 Å². The molecule has 2 aliphatic heterocycles. The molecule has 0 aromatic carbocycles. The Bertz CT molecular complexity index is 294. The largest absolute Gasteiger partial charge is 0.379 e. The maximum Gasteiger partial charge on any atom is 0.0594 e. The van der Waals surface area contributed by atoms with Gasteiger partial charge in [-0.1, -0.05) is 27.2 Å². The van der Waals surface area contributed by atoms with Crippen molar-refractivity contribution in [2.75, 3.05) is 59.0 Å². The van der Waals surface area contributed by atoms with Crippen molar-refractivity contribution in [3.05, 3.63) is 0 Å². The van der Waals surface area contributed by atoms with Crippen LogP contribution in [0.15, 0.2) is 0 Å². The van der Waals surface area contributed by atoms with Crippen LogP contribution in [-0.2, 0) is 4.74 Å². The lowest BCUT2D eigenvalue weighted by Crippen LogP contribution is -2.46. The Kier molecular flexibility index (Phi) is 6.93. The van der Waals surface area contributed by atoms with Crippen LogP contribution in [0.4, 0.5) is 0 Å². The first-order valence-electron chi connectivity index (χ1n) is 8.92. The van der Waals surface area contributed by atoms with Gasteiger partial charge in [0, 0.05) is 38.8 Å². The number of hydrogen-bond donors (Lipinski definition) is 1. The topological polar surface area (TPSA) is 27.7 Å². The monoisotopic (exact) mass is 297 g/mol. The molecule has 0 bridgehead atoms. The zero-order valence-corrected chi connectivity index (χ0v) is 14.4. The summed E-state index contributed by atoms with van der Waals surface area (Å²) in [6.07, 6.45) is 3.94. The maximum absolute atomic E-state index is 5.48. The van der Waals surface area contributed by atoms with Crippen molar-refractivity contribution in [2.24, 2.45) is 5.41 Å². The molecule has 2 fully saturated rings.